The monoisotopic (exact) mass is 335 g/mol. The number of carboxylic acids is 1. The number of aliphatic carboxylic acids is 1. The van der Waals surface area contributed by atoms with Crippen LogP contribution in [0.3, 0.4) is 0 Å². The molecule has 128 valence electrons. The van der Waals surface area contributed by atoms with E-state index in [1.807, 2.05) is 32.0 Å². The van der Waals surface area contributed by atoms with Gasteiger partial charge in [-0.15, -0.1) is 0 Å². The Bertz CT molecular complexity index is 943. The van der Waals surface area contributed by atoms with Crippen molar-refractivity contribution < 1.29 is 14.6 Å². The van der Waals surface area contributed by atoms with E-state index in [2.05, 4.69) is 23.3 Å². The molecule has 1 fully saturated rings. The van der Waals surface area contributed by atoms with Crippen LogP contribution in [0.4, 0.5) is 0 Å². The van der Waals surface area contributed by atoms with E-state index in [1.165, 1.54) is 23.8 Å². The van der Waals surface area contributed by atoms with E-state index in [-0.39, 0.29) is 6.42 Å². The van der Waals surface area contributed by atoms with Gasteiger partial charge < -0.3 is 14.8 Å². The SMILES string of the molecule is Cc1cc(CC(=O)O)cc(C)c1Oc1ccc2[nH]cc(C3CC3)c2c1. The summed E-state index contributed by atoms with van der Waals surface area (Å²) >= 11 is 0. The topological polar surface area (TPSA) is 62.3 Å². The molecule has 4 nitrogen and oxygen atoms in total. The summed E-state index contributed by atoms with van der Waals surface area (Å²) in [6.45, 7) is 3.91. The first-order valence-electron chi connectivity index (χ1n) is 8.62. The van der Waals surface area contributed by atoms with Crippen LogP contribution in [-0.2, 0) is 11.2 Å². The molecule has 2 N–H and O–H groups in total. The number of aryl methyl sites for hydroxylation is 2. The van der Waals surface area contributed by atoms with Crippen molar-refractivity contribution in [3.8, 4) is 11.5 Å². The smallest absolute Gasteiger partial charge is 0.307 e. The predicted molar refractivity (Wildman–Crippen MR) is 97.6 cm³/mol. The number of nitrogens with one attached hydrogen (secondary N) is 1. The van der Waals surface area contributed by atoms with Crippen LogP contribution in [0.25, 0.3) is 10.9 Å². The Balaban J connectivity index is 1.66. The second kappa shape index (κ2) is 5.96. The van der Waals surface area contributed by atoms with Crippen LogP contribution in [0.1, 0.15) is 41.0 Å². The summed E-state index contributed by atoms with van der Waals surface area (Å²) in [6.07, 6.45) is 4.67. The van der Waals surface area contributed by atoms with Gasteiger partial charge in [0.2, 0.25) is 0 Å². The molecule has 0 spiro atoms. The van der Waals surface area contributed by atoms with Crippen LogP contribution in [0, 0.1) is 13.8 Å². The molecule has 2 aromatic carbocycles. The molecule has 4 rings (SSSR count). The number of aromatic nitrogens is 1. The lowest BCUT2D eigenvalue weighted by molar-refractivity contribution is -0.136. The summed E-state index contributed by atoms with van der Waals surface area (Å²) in [7, 11) is 0. The number of rotatable bonds is 5. The van der Waals surface area contributed by atoms with Crippen LogP contribution in [-0.4, -0.2) is 16.1 Å². The molecule has 0 radical (unpaired) electrons. The van der Waals surface area contributed by atoms with Crippen molar-refractivity contribution in [3.63, 3.8) is 0 Å². The van der Waals surface area contributed by atoms with E-state index in [4.69, 9.17) is 9.84 Å². The molecule has 25 heavy (non-hydrogen) atoms. The highest BCUT2D eigenvalue weighted by atomic mass is 16.5. The normalized spacial score (nSPS) is 14.0. The lowest BCUT2D eigenvalue weighted by Gasteiger charge is -2.14. The minimum atomic E-state index is -0.821. The van der Waals surface area contributed by atoms with E-state index in [9.17, 15) is 4.79 Å². The summed E-state index contributed by atoms with van der Waals surface area (Å²) in [5.41, 5.74) is 5.22. The lowest BCUT2D eigenvalue weighted by atomic mass is 10.0. The van der Waals surface area contributed by atoms with Gasteiger partial charge in [0, 0.05) is 17.1 Å². The van der Waals surface area contributed by atoms with Gasteiger partial charge in [0.25, 0.3) is 0 Å². The van der Waals surface area contributed by atoms with Crippen LogP contribution in [0.2, 0.25) is 0 Å². The van der Waals surface area contributed by atoms with Crippen molar-refractivity contribution in [2.24, 2.45) is 0 Å². The third kappa shape index (κ3) is 3.12. The number of benzene rings is 2. The Morgan fingerprint density at radius 3 is 2.56 bits per heavy atom. The molecule has 0 aliphatic heterocycles. The minimum Gasteiger partial charge on any atom is -0.481 e. The van der Waals surface area contributed by atoms with Gasteiger partial charge in [-0.3, -0.25) is 4.79 Å². The molecule has 0 unspecified atom stereocenters. The zero-order chi connectivity index (χ0) is 17.6. The molecule has 1 saturated carbocycles. The first kappa shape index (κ1) is 15.8. The molecule has 3 aromatic rings. The quantitative estimate of drug-likeness (QED) is 0.683. The zero-order valence-corrected chi connectivity index (χ0v) is 14.4. The van der Waals surface area contributed by atoms with E-state index in [1.54, 1.807) is 0 Å². The third-order valence-electron chi connectivity index (χ3n) is 4.80. The van der Waals surface area contributed by atoms with Gasteiger partial charge in [0.15, 0.2) is 0 Å². The lowest BCUT2D eigenvalue weighted by Crippen LogP contribution is -2.02. The number of carboxylic acid groups (broad SMARTS) is 1. The highest BCUT2D eigenvalue weighted by Crippen LogP contribution is 2.44. The van der Waals surface area contributed by atoms with Gasteiger partial charge in [-0.2, -0.15) is 0 Å². The molecule has 0 saturated heterocycles. The van der Waals surface area contributed by atoms with Crippen molar-refractivity contribution >= 4 is 16.9 Å². The van der Waals surface area contributed by atoms with Gasteiger partial charge in [-0.25, -0.2) is 0 Å². The number of fused-ring (bicyclic) bond motifs is 1. The van der Waals surface area contributed by atoms with Gasteiger partial charge >= 0.3 is 5.97 Å². The fourth-order valence-corrected chi connectivity index (χ4v) is 3.51. The van der Waals surface area contributed by atoms with Gasteiger partial charge in [-0.05, 0) is 73.1 Å². The van der Waals surface area contributed by atoms with E-state index >= 15 is 0 Å². The number of hydrogen-bond acceptors (Lipinski definition) is 2. The average Bonchev–Trinajstić information content (AvgIpc) is 3.30. The van der Waals surface area contributed by atoms with E-state index in [0.717, 1.165) is 33.7 Å². The molecule has 1 aromatic heterocycles. The summed E-state index contributed by atoms with van der Waals surface area (Å²) in [6, 6.07) is 9.91. The average molecular weight is 335 g/mol. The molecule has 1 heterocycles. The maximum absolute atomic E-state index is 10.9. The number of hydrogen-bond donors (Lipinski definition) is 2. The molecule has 4 heteroatoms. The second-order valence-corrected chi connectivity index (χ2v) is 6.96. The Kier molecular flexibility index (Phi) is 3.75. The number of carbonyl (C=O) groups is 1. The number of aromatic amines is 1. The van der Waals surface area contributed by atoms with Crippen molar-refractivity contribution in [3.05, 3.63) is 58.8 Å². The Labute approximate surface area is 146 Å². The summed E-state index contributed by atoms with van der Waals surface area (Å²) in [4.78, 5) is 14.3. The number of H-pyrrole nitrogens is 1. The maximum Gasteiger partial charge on any atom is 0.307 e. The summed E-state index contributed by atoms with van der Waals surface area (Å²) in [5, 5.41) is 10.2. The van der Waals surface area contributed by atoms with Crippen LogP contribution in [0.5, 0.6) is 11.5 Å². The fourth-order valence-electron chi connectivity index (χ4n) is 3.51. The molecule has 0 atom stereocenters. The molecular formula is C21H21NO3. The van der Waals surface area contributed by atoms with Crippen LogP contribution >= 0.6 is 0 Å². The number of ether oxygens (including phenoxy) is 1. The predicted octanol–water partition coefficient (Wildman–Crippen LogP) is 5.08. The molecule has 1 aliphatic rings. The van der Waals surface area contributed by atoms with Crippen LogP contribution in [0.15, 0.2) is 36.5 Å². The first-order valence-corrected chi connectivity index (χ1v) is 8.62. The largest absolute Gasteiger partial charge is 0.481 e. The highest BCUT2D eigenvalue weighted by Gasteiger charge is 2.26. The summed E-state index contributed by atoms with van der Waals surface area (Å²) in [5.74, 6) is 1.48. The Morgan fingerprint density at radius 1 is 1.20 bits per heavy atom. The molecule has 1 aliphatic carbocycles. The molecule has 0 bridgehead atoms. The van der Waals surface area contributed by atoms with Crippen molar-refractivity contribution in [1.29, 1.82) is 0 Å². The minimum absolute atomic E-state index is 0.0298. The summed E-state index contributed by atoms with van der Waals surface area (Å²) < 4.78 is 6.17. The molecule has 0 amide bonds. The third-order valence-corrected chi connectivity index (χ3v) is 4.80. The highest BCUT2D eigenvalue weighted by molar-refractivity contribution is 5.85. The second-order valence-electron chi connectivity index (χ2n) is 6.96. The molecular weight excluding hydrogens is 314 g/mol. The Morgan fingerprint density at radius 2 is 1.92 bits per heavy atom. The van der Waals surface area contributed by atoms with Gasteiger partial charge in [-0.1, -0.05) is 12.1 Å². The van der Waals surface area contributed by atoms with Crippen LogP contribution < -0.4 is 4.74 Å². The standard InChI is InChI=1S/C21H21NO3/c1-12-7-14(9-20(23)24)8-13(2)21(12)25-16-5-6-19-17(10-16)18(11-22-19)15-3-4-15/h5-8,10-11,15,22H,3-4,9H2,1-2H3,(H,23,24). The van der Waals surface area contributed by atoms with Crippen molar-refractivity contribution in [2.45, 2.75) is 39.0 Å². The maximum atomic E-state index is 10.9. The van der Waals surface area contributed by atoms with Gasteiger partial charge in [0.05, 0.1) is 6.42 Å². The van der Waals surface area contributed by atoms with Gasteiger partial charge in [0.1, 0.15) is 11.5 Å². The van der Waals surface area contributed by atoms with Crippen molar-refractivity contribution in [1.82, 2.24) is 4.98 Å². The van der Waals surface area contributed by atoms with E-state index < -0.39 is 5.97 Å². The fraction of sp³-hybridized carbons (Fsp3) is 0.286. The Hall–Kier alpha value is -2.75. The first-order chi connectivity index (χ1) is 12.0. The van der Waals surface area contributed by atoms with Crippen molar-refractivity contribution in [2.75, 3.05) is 0 Å². The zero-order valence-electron chi connectivity index (χ0n) is 14.4. The van der Waals surface area contributed by atoms with E-state index in [0.29, 0.717) is 5.92 Å².